The van der Waals surface area contributed by atoms with Crippen LogP contribution in [0.15, 0.2) is 78.9 Å². The summed E-state index contributed by atoms with van der Waals surface area (Å²) in [5.74, 6) is 2.29. The van der Waals surface area contributed by atoms with Crippen molar-refractivity contribution in [1.29, 1.82) is 0 Å². The highest BCUT2D eigenvalue weighted by Gasteiger charge is 2.03. The van der Waals surface area contributed by atoms with Crippen molar-refractivity contribution in [1.82, 2.24) is 0 Å². The van der Waals surface area contributed by atoms with Crippen molar-refractivity contribution in [3.8, 4) is 23.0 Å². The predicted molar refractivity (Wildman–Crippen MR) is 167 cm³/mol. The molecule has 0 atom stereocenters. The fourth-order valence-corrected chi connectivity index (χ4v) is 3.82. The van der Waals surface area contributed by atoms with Crippen molar-refractivity contribution in [2.75, 3.05) is 39.6 Å². The number of hydrogen-bond donors (Lipinski definition) is 0. The Morgan fingerprint density at radius 3 is 1.30 bits per heavy atom. The van der Waals surface area contributed by atoms with Gasteiger partial charge in [-0.1, -0.05) is 24.3 Å². The summed E-state index contributed by atoms with van der Waals surface area (Å²) in [5.41, 5.74) is 2.83. The third kappa shape index (κ3) is 13.2. The molecule has 0 aliphatic heterocycles. The van der Waals surface area contributed by atoms with Gasteiger partial charge in [0.2, 0.25) is 0 Å². The summed E-state index contributed by atoms with van der Waals surface area (Å²) in [6.45, 7) is 8.31. The smallest absolute Gasteiger partial charge is 0.330 e. The maximum atomic E-state index is 11.4. The molecule has 8 nitrogen and oxygen atoms in total. The van der Waals surface area contributed by atoms with Crippen LogP contribution < -0.4 is 18.9 Å². The van der Waals surface area contributed by atoms with Crippen molar-refractivity contribution >= 4 is 24.1 Å². The van der Waals surface area contributed by atoms with E-state index in [1.165, 1.54) is 12.2 Å². The summed E-state index contributed by atoms with van der Waals surface area (Å²) in [6.07, 6.45) is 7.67. The SMILES string of the molecule is CCOC(=O)/C=C/c1ccc(OCCCOc2cc(C)cc(OCCCOc3ccc(/C=C/C(=O)OCC)cc3)c2)cc1. The first kappa shape index (κ1) is 32.8. The number of ether oxygens (including phenoxy) is 6. The molecule has 3 aromatic rings. The number of carbonyl (C=O) groups excluding carboxylic acids is 2. The Balaban J connectivity index is 1.31. The molecule has 3 rings (SSSR count). The van der Waals surface area contributed by atoms with Crippen molar-refractivity contribution in [3.63, 3.8) is 0 Å². The second kappa shape index (κ2) is 18.7. The lowest BCUT2D eigenvalue weighted by molar-refractivity contribution is -0.138. The van der Waals surface area contributed by atoms with Gasteiger partial charge in [0.1, 0.15) is 23.0 Å². The fraction of sp³-hybridized carbons (Fsp3) is 0.314. The van der Waals surface area contributed by atoms with E-state index in [1.54, 1.807) is 26.0 Å². The topological polar surface area (TPSA) is 89.5 Å². The Morgan fingerprint density at radius 1 is 0.558 bits per heavy atom. The van der Waals surface area contributed by atoms with Gasteiger partial charge in [-0.05, 0) is 86.0 Å². The monoisotopic (exact) mass is 588 g/mol. The molecule has 0 amide bonds. The zero-order chi connectivity index (χ0) is 30.7. The van der Waals surface area contributed by atoms with Gasteiger partial charge in [-0.25, -0.2) is 9.59 Å². The van der Waals surface area contributed by atoms with E-state index < -0.39 is 0 Å². The van der Waals surface area contributed by atoms with Crippen LogP contribution in [0.4, 0.5) is 0 Å². The highest BCUT2D eigenvalue weighted by atomic mass is 16.5. The Hall–Kier alpha value is -4.72. The first-order valence-electron chi connectivity index (χ1n) is 14.5. The van der Waals surface area contributed by atoms with Crippen LogP contribution in [0.5, 0.6) is 23.0 Å². The predicted octanol–water partition coefficient (Wildman–Crippen LogP) is 6.84. The van der Waals surface area contributed by atoms with E-state index in [1.807, 2.05) is 73.7 Å². The minimum atomic E-state index is -0.358. The van der Waals surface area contributed by atoms with Gasteiger partial charge < -0.3 is 28.4 Å². The average Bonchev–Trinajstić information content (AvgIpc) is 3.00. The molecule has 0 unspecified atom stereocenters. The summed E-state index contributed by atoms with van der Waals surface area (Å²) >= 11 is 0. The molecule has 0 radical (unpaired) electrons. The van der Waals surface area contributed by atoms with Crippen LogP contribution in [-0.2, 0) is 19.1 Å². The summed E-state index contributed by atoms with van der Waals surface area (Å²) in [6, 6.07) is 20.8. The van der Waals surface area contributed by atoms with Crippen LogP contribution in [0.2, 0.25) is 0 Å². The largest absolute Gasteiger partial charge is 0.493 e. The van der Waals surface area contributed by atoms with E-state index in [4.69, 9.17) is 28.4 Å². The van der Waals surface area contributed by atoms with E-state index in [0.29, 0.717) is 52.5 Å². The number of aryl methyl sites for hydroxylation is 1. The van der Waals surface area contributed by atoms with Crippen LogP contribution >= 0.6 is 0 Å². The molecule has 43 heavy (non-hydrogen) atoms. The molecule has 0 heterocycles. The average molecular weight is 589 g/mol. The molecule has 0 aromatic heterocycles. The highest BCUT2D eigenvalue weighted by Crippen LogP contribution is 2.23. The molecular formula is C35H40O8. The van der Waals surface area contributed by atoms with Crippen LogP contribution in [0.1, 0.15) is 43.4 Å². The number of benzene rings is 3. The van der Waals surface area contributed by atoms with Crippen molar-refractivity contribution in [2.45, 2.75) is 33.6 Å². The van der Waals surface area contributed by atoms with E-state index >= 15 is 0 Å². The van der Waals surface area contributed by atoms with Crippen molar-refractivity contribution in [2.24, 2.45) is 0 Å². The summed E-state index contributed by atoms with van der Waals surface area (Å²) < 4.78 is 33.2. The van der Waals surface area contributed by atoms with Crippen LogP contribution in [0.25, 0.3) is 12.2 Å². The molecule has 0 saturated carbocycles. The summed E-state index contributed by atoms with van der Waals surface area (Å²) in [5, 5.41) is 0. The maximum Gasteiger partial charge on any atom is 0.330 e. The maximum absolute atomic E-state index is 11.4. The van der Waals surface area contributed by atoms with Gasteiger partial charge in [-0.15, -0.1) is 0 Å². The first-order valence-corrected chi connectivity index (χ1v) is 14.5. The van der Waals surface area contributed by atoms with E-state index in [0.717, 1.165) is 39.7 Å². The van der Waals surface area contributed by atoms with Crippen LogP contribution in [-0.4, -0.2) is 51.6 Å². The molecule has 8 heteroatoms. The highest BCUT2D eigenvalue weighted by molar-refractivity contribution is 5.87. The van der Waals surface area contributed by atoms with E-state index in [2.05, 4.69) is 0 Å². The van der Waals surface area contributed by atoms with Gasteiger partial charge in [-0.3, -0.25) is 0 Å². The van der Waals surface area contributed by atoms with E-state index in [9.17, 15) is 9.59 Å². The van der Waals surface area contributed by atoms with E-state index in [-0.39, 0.29) is 11.9 Å². The minimum Gasteiger partial charge on any atom is -0.493 e. The van der Waals surface area contributed by atoms with Gasteiger partial charge in [0.05, 0.1) is 39.6 Å². The number of rotatable bonds is 18. The molecule has 0 fully saturated rings. The second-order valence-corrected chi connectivity index (χ2v) is 9.39. The standard InChI is InChI=1S/C35H40O8/c1-4-38-34(36)18-12-28-8-14-30(15-9-28)40-20-6-22-42-32-24-27(3)25-33(26-32)43-23-7-21-41-31-16-10-29(11-17-31)13-19-35(37)39-5-2/h8-19,24-26H,4-7,20-23H2,1-3H3/b18-12+,19-13+. The Labute approximate surface area is 253 Å². The van der Waals surface area contributed by atoms with Crippen molar-refractivity contribution < 1.29 is 38.0 Å². The number of hydrogen-bond acceptors (Lipinski definition) is 8. The quantitative estimate of drug-likeness (QED) is 0.0906. The normalized spacial score (nSPS) is 11.0. The Bertz CT molecular complexity index is 1230. The Kier molecular flexibility index (Phi) is 14.2. The molecule has 0 saturated heterocycles. The molecule has 0 aliphatic carbocycles. The zero-order valence-corrected chi connectivity index (χ0v) is 25.1. The third-order valence-corrected chi connectivity index (χ3v) is 5.83. The minimum absolute atomic E-state index is 0.355. The van der Waals surface area contributed by atoms with Crippen LogP contribution in [0.3, 0.4) is 0 Å². The molecular weight excluding hydrogens is 548 g/mol. The molecule has 0 spiro atoms. The lowest BCUT2D eigenvalue weighted by atomic mass is 10.2. The summed E-state index contributed by atoms with van der Waals surface area (Å²) in [4.78, 5) is 22.8. The second-order valence-electron chi connectivity index (χ2n) is 9.39. The molecule has 0 bridgehead atoms. The third-order valence-electron chi connectivity index (χ3n) is 5.83. The first-order chi connectivity index (χ1) is 20.9. The summed E-state index contributed by atoms with van der Waals surface area (Å²) in [7, 11) is 0. The molecule has 228 valence electrons. The Morgan fingerprint density at radius 2 is 0.930 bits per heavy atom. The van der Waals surface area contributed by atoms with Crippen LogP contribution in [0, 0.1) is 6.92 Å². The van der Waals surface area contributed by atoms with Gasteiger partial charge in [0.15, 0.2) is 0 Å². The fourth-order valence-electron chi connectivity index (χ4n) is 3.82. The molecule has 0 N–H and O–H groups in total. The lowest BCUT2D eigenvalue weighted by Gasteiger charge is -2.12. The van der Waals surface area contributed by atoms with Gasteiger partial charge in [0.25, 0.3) is 0 Å². The lowest BCUT2D eigenvalue weighted by Crippen LogP contribution is -2.06. The number of esters is 2. The zero-order valence-electron chi connectivity index (χ0n) is 25.1. The van der Waals surface area contributed by atoms with Crippen molar-refractivity contribution in [3.05, 3.63) is 95.6 Å². The number of carbonyl (C=O) groups is 2. The molecule has 3 aromatic carbocycles. The van der Waals surface area contributed by atoms with Gasteiger partial charge in [-0.2, -0.15) is 0 Å². The van der Waals surface area contributed by atoms with Gasteiger partial charge >= 0.3 is 11.9 Å². The molecule has 0 aliphatic rings. The van der Waals surface area contributed by atoms with Gasteiger partial charge in [0, 0.05) is 31.1 Å².